The molecular weight excluding hydrogens is 530 g/mol. The number of pyridine rings is 1. The van der Waals surface area contributed by atoms with Crippen molar-refractivity contribution in [2.75, 3.05) is 12.4 Å². The summed E-state index contributed by atoms with van der Waals surface area (Å²) in [6, 6.07) is 11.3. The van der Waals surface area contributed by atoms with Crippen LogP contribution in [0.25, 0.3) is 34.1 Å². The van der Waals surface area contributed by atoms with Crippen LogP contribution in [-0.4, -0.2) is 52.0 Å². The van der Waals surface area contributed by atoms with Crippen LogP contribution >= 0.6 is 12.2 Å². The molecule has 3 heterocycles. The highest BCUT2D eigenvalue weighted by atomic mass is 32.2. The van der Waals surface area contributed by atoms with Gasteiger partial charge in [0.05, 0.1) is 39.6 Å². The smallest absolute Gasteiger partial charge is 0.389 e. The predicted octanol–water partition coefficient (Wildman–Crippen LogP) is 3.42. The Labute approximate surface area is 223 Å². The van der Waals surface area contributed by atoms with Crippen molar-refractivity contribution in [3.63, 3.8) is 0 Å². The number of rotatable bonds is 7. The minimum Gasteiger partial charge on any atom is -0.389 e. The molecule has 4 aromatic rings. The lowest BCUT2D eigenvalue weighted by Gasteiger charge is -2.09. The highest BCUT2D eigenvalue weighted by molar-refractivity contribution is 7.92. The molecule has 1 amide bonds. The maximum Gasteiger partial charge on any atom is 0.411 e. The first-order valence-corrected chi connectivity index (χ1v) is 13.1. The zero-order valence-electron chi connectivity index (χ0n) is 20.5. The average Bonchev–Trinajstić information content (AvgIpc) is 3.39. The van der Waals surface area contributed by atoms with Crippen LogP contribution in [0.4, 0.5) is 10.5 Å². The van der Waals surface area contributed by atoms with Gasteiger partial charge >= 0.3 is 6.09 Å². The van der Waals surface area contributed by atoms with E-state index < -0.39 is 21.2 Å². The number of aromatic nitrogens is 4. The van der Waals surface area contributed by atoms with Gasteiger partial charge in [0.1, 0.15) is 5.69 Å². The third-order valence-electron chi connectivity index (χ3n) is 5.29. The lowest BCUT2D eigenvalue weighted by molar-refractivity contribution is 0.209. The van der Waals surface area contributed by atoms with Crippen molar-refractivity contribution in [3.8, 4) is 40.0 Å². The molecule has 38 heavy (non-hydrogen) atoms. The van der Waals surface area contributed by atoms with Gasteiger partial charge in [-0.25, -0.2) is 23.2 Å². The fourth-order valence-electron chi connectivity index (χ4n) is 3.26. The van der Waals surface area contributed by atoms with E-state index in [1.165, 1.54) is 18.3 Å². The van der Waals surface area contributed by atoms with Crippen molar-refractivity contribution in [2.24, 2.45) is 5.73 Å². The third kappa shape index (κ3) is 5.76. The molecule has 0 bridgehead atoms. The van der Waals surface area contributed by atoms with Gasteiger partial charge in [0, 0.05) is 18.7 Å². The lowest BCUT2D eigenvalue weighted by Crippen LogP contribution is -2.24. The topological polar surface area (TPSA) is 175 Å². The Balaban J connectivity index is 1.68. The van der Waals surface area contributed by atoms with Crippen LogP contribution in [0.2, 0.25) is 0 Å². The molecule has 0 radical (unpaired) electrons. The molecule has 0 unspecified atom stereocenters. The summed E-state index contributed by atoms with van der Waals surface area (Å²) in [7, 11) is -1.73. The van der Waals surface area contributed by atoms with E-state index >= 15 is 0 Å². The first-order chi connectivity index (χ1) is 18.1. The van der Waals surface area contributed by atoms with Crippen LogP contribution in [0.5, 0.6) is 5.88 Å². The summed E-state index contributed by atoms with van der Waals surface area (Å²) in [5.74, 6) is -0.0407. The van der Waals surface area contributed by atoms with Crippen molar-refractivity contribution in [3.05, 3.63) is 54.9 Å². The van der Waals surface area contributed by atoms with E-state index in [9.17, 15) is 13.2 Å². The number of nitrogens with two attached hydrogens (primary N) is 1. The molecule has 0 saturated carbocycles. The van der Waals surface area contributed by atoms with Crippen molar-refractivity contribution >= 4 is 38.9 Å². The van der Waals surface area contributed by atoms with Crippen molar-refractivity contribution < 1.29 is 22.5 Å². The molecule has 12 nitrogen and oxygen atoms in total. The summed E-state index contributed by atoms with van der Waals surface area (Å²) in [5.41, 5.74) is 7.79. The van der Waals surface area contributed by atoms with E-state index in [1.54, 1.807) is 57.4 Å². The summed E-state index contributed by atoms with van der Waals surface area (Å²) in [6.45, 7) is 3.23. The number of ether oxygens (including phenoxy) is 1. The molecule has 0 aliphatic heterocycles. The van der Waals surface area contributed by atoms with E-state index in [0.717, 1.165) is 0 Å². The first-order valence-electron chi connectivity index (χ1n) is 11.2. The van der Waals surface area contributed by atoms with Crippen molar-refractivity contribution in [1.29, 1.82) is 0 Å². The molecule has 0 fully saturated rings. The number of nitrogens with zero attached hydrogens (tertiary/aromatic N) is 4. The summed E-state index contributed by atoms with van der Waals surface area (Å²) in [4.78, 5) is 24.7. The van der Waals surface area contributed by atoms with Crippen LogP contribution in [0.1, 0.15) is 13.8 Å². The number of sulfone groups is 1. The van der Waals surface area contributed by atoms with Gasteiger partial charge in [0.25, 0.3) is 5.88 Å². The Morgan fingerprint density at radius 2 is 1.79 bits per heavy atom. The largest absolute Gasteiger partial charge is 0.411 e. The van der Waals surface area contributed by atoms with Gasteiger partial charge in [-0.3, -0.25) is 4.98 Å². The van der Waals surface area contributed by atoms with Crippen LogP contribution in [-0.2, 0) is 9.84 Å². The Morgan fingerprint density at radius 3 is 2.39 bits per heavy atom. The number of thiocarbonyl (C=S) groups is 1. The number of primary amides is 1. The number of nitrogens with one attached hydrogen (secondary N) is 2. The standard InChI is InChI=1S/C24H23N7O5S2/c1-13(2)38(33,34)16-7-4-14(5-8-16)19-12-28-22(35-23(25)32)21(30-19)20-10-18(31-36-20)17-9-6-15(11-27-17)29-24(37)26-3/h4-13H,1-3H3,(H2,25,32)(H2,26,29,37). The van der Waals surface area contributed by atoms with E-state index in [2.05, 4.69) is 30.7 Å². The highest BCUT2D eigenvalue weighted by Crippen LogP contribution is 2.32. The molecule has 4 N–H and O–H groups in total. The number of benzene rings is 1. The Morgan fingerprint density at radius 1 is 1.05 bits per heavy atom. The van der Waals surface area contributed by atoms with Crippen molar-refractivity contribution in [1.82, 2.24) is 25.4 Å². The quantitative estimate of drug-likeness (QED) is 0.285. The zero-order valence-corrected chi connectivity index (χ0v) is 22.1. The van der Waals surface area contributed by atoms with Crippen LogP contribution in [0.15, 0.2) is 64.3 Å². The molecule has 0 atom stereocenters. The van der Waals surface area contributed by atoms with Gasteiger partial charge in [-0.1, -0.05) is 17.3 Å². The molecule has 0 aliphatic rings. The fraction of sp³-hybridized carbons (Fsp3) is 0.167. The molecule has 0 aliphatic carbocycles. The molecule has 1 aromatic carbocycles. The number of amides is 1. The minimum atomic E-state index is -3.43. The summed E-state index contributed by atoms with van der Waals surface area (Å²) >= 11 is 5.08. The van der Waals surface area contributed by atoms with E-state index in [4.69, 9.17) is 27.2 Å². The van der Waals surface area contributed by atoms with Gasteiger partial charge in [0.2, 0.25) is 0 Å². The summed E-state index contributed by atoms with van der Waals surface area (Å²) in [6.07, 6.45) is 1.87. The minimum absolute atomic E-state index is 0.0663. The number of carbonyl (C=O) groups excluding carboxylic acids is 1. The first kappa shape index (κ1) is 26.6. The van der Waals surface area contributed by atoms with Gasteiger partial charge in [-0.05, 0) is 50.3 Å². The highest BCUT2D eigenvalue weighted by Gasteiger charge is 2.21. The lowest BCUT2D eigenvalue weighted by atomic mass is 10.1. The Kier molecular flexibility index (Phi) is 7.64. The number of hydrogen-bond acceptors (Lipinski definition) is 10. The normalized spacial score (nSPS) is 11.3. The predicted molar refractivity (Wildman–Crippen MR) is 144 cm³/mol. The molecule has 3 aromatic heterocycles. The average molecular weight is 554 g/mol. The van der Waals surface area contributed by atoms with E-state index in [-0.39, 0.29) is 22.2 Å². The van der Waals surface area contributed by atoms with Gasteiger partial charge in [-0.2, -0.15) is 0 Å². The molecule has 196 valence electrons. The molecule has 14 heteroatoms. The Bertz CT molecular complexity index is 1590. The van der Waals surface area contributed by atoms with E-state index in [1.807, 2.05) is 0 Å². The third-order valence-corrected chi connectivity index (χ3v) is 7.77. The SMILES string of the molecule is CNC(=S)Nc1ccc(-c2cc(-c3nc(-c4ccc(S(=O)(=O)C(C)C)cc4)cnc3OC(N)=O)on2)nc1. The fourth-order valence-corrected chi connectivity index (χ4v) is 4.43. The van der Waals surface area contributed by atoms with Gasteiger partial charge in [0.15, 0.2) is 26.4 Å². The molecule has 4 rings (SSSR count). The maximum atomic E-state index is 12.4. The second kappa shape index (κ2) is 10.9. The maximum absolute atomic E-state index is 12.4. The monoisotopic (exact) mass is 553 g/mol. The Hall–Kier alpha value is -4.43. The van der Waals surface area contributed by atoms with Gasteiger partial charge < -0.3 is 25.6 Å². The number of carbonyl (C=O) groups is 1. The zero-order chi connectivity index (χ0) is 27.4. The molecular formula is C24H23N7O5S2. The second-order valence-corrected chi connectivity index (χ2v) is 11.1. The van der Waals surface area contributed by atoms with E-state index in [0.29, 0.717) is 33.4 Å². The number of anilines is 1. The van der Waals surface area contributed by atoms with Gasteiger partial charge in [-0.15, -0.1) is 0 Å². The molecule has 0 spiro atoms. The second-order valence-electron chi connectivity index (χ2n) is 8.16. The number of hydrogen-bond donors (Lipinski definition) is 3. The van der Waals surface area contributed by atoms with Crippen LogP contribution in [0.3, 0.4) is 0 Å². The summed E-state index contributed by atoms with van der Waals surface area (Å²) < 4.78 is 35.4. The summed E-state index contributed by atoms with van der Waals surface area (Å²) in [5, 5.41) is 9.71. The van der Waals surface area contributed by atoms with Crippen molar-refractivity contribution in [2.45, 2.75) is 24.0 Å². The molecule has 0 saturated heterocycles. The van der Waals surface area contributed by atoms with Crippen LogP contribution < -0.4 is 21.1 Å². The van der Waals surface area contributed by atoms with Crippen LogP contribution in [0, 0.1) is 0 Å².